The summed E-state index contributed by atoms with van der Waals surface area (Å²) < 4.78 is 0. The molecule has 2 N–H and O–H groups in total. The first-order chi connectivity index (χ1) is 8.22. The van der Waals surface area contributed by atoms with Crippen molar-refractivity contribution in [2.24, 2.45) is 5.73 Å². The first-order valence-corrected chi connectivity index (χ1v) is 6.26. The van der Waals surface area contributed by atoms with Gasteiger partial charge >= 0.3 is 0 Å². The zero-order valence-electron chi connectivity index (χ0n) is 9.08. The molecule has 0 amide bonds. The van der Waals surface area contributed by atoms with Crippen LogP contribution >= 0.6 is 23.2 Å². The second-order valence-corrected chi connectivity index (χ2v) is 5.07. The van der Waals surface area contributed by atoms with Crippen molar-refractivity contribution in [2.45, 2.75) is 5.92 Å². The zero-order valence-corrected chi connectivity index (χ0v) is 10.6. The summed E-state index contributed by atoms with van der Waals surface area (Å²) in [6, 6.07) is 12.0. The van der Waals surface area contributed by atoms with Crippen molar-refractivity contribution in [3.63, 3.8) is 0 Å². The van der Waals surface area contributed by atoms with E-state index in [9.17, 15) is 0 Å². The standard InChI is InChI=1S/C14H11Cl2N/c15-8-5-11-9-3-1-2-4-10(9)12(7-17)14(11)13(16)6-8/h1-6,12H,7,17H2. The minimum absolute atomic E-state index is 0.186. The van der Waals surface area contributed by atoms with E-state index >= 15 is 0 Å². The van der Waals surface area contributed by atoms with Crippen molar-refractivity contribution in [3.05, 3.63) is 57.6 Å². The Morgan fingerprint density at radius 3 is 2.59 bits per heavy atom. The van der Waals surface area contributed by atoms with E-state index in [-0.39, 0.29) is 5.92 Å². The smallest absolute Gasteiger partial charge is 0.0465 e. The molecule has 1 nitrogen and oxygen atoms in total. The van der Waals surface area contributed by atoms with Gasteiger partial charge in [0.25, 0.3) is 0 Å². The Kier molecular flexibility index (Phi) is 2.62. The van der Waals surface area contributed by atoms with Crippen LogP contribution in [0, 0.1) is 0 Å². The van der Waals surface area contributed by atoms with Crippen LogP contribution in [-0.4, -0.2) is 6.54 Å². The molecule has 2 aromatic carbocycles. The lowest BCUT2D eigenvalue weighted by Gasteiger charge is -2.11. The van der Waals surface area contributed by atoms with Gasteiger partial charge < -0.3 is 5.73 Å². The van der Waals surface area contributed by atoms with Gasteiger partial charge in [-0.15, -0.1) is 0 Å². The third-order valence-electron chi connectivity index (χ3n) is 3.30. The molecule has 1 aliphatic rings. The number of hydrogen-bond donors (Lipinski definition) is 1. The van der Waals surface area contributed by atoms with Crippen LogP contribution in [0.5, 0.6) is 0 Å². The second kappa shape index (κ2) is 4.02. The summed E-state index contributed by atoms with van der Waals surface area (Å²) in [7, 11) is 0. The van der Waals surface area contributed by atoms with Crippen LogP contribution < -0.4 is 5.73 Å². The van der Waals surface area contributed by atoms with Gasteiger partial charge in [0.2, 0.25) is 0 Å². The molecule has 86 valence electrons. The maximum atomic E-state index is 6.30. The van der Waals surface area contributed by atoms with Gasteiger partial charge in [-0.1, -0.05) is 47.5 Å². The van der Waals surface area contributed by atoms with E-state index < -0.39 is 0 Å². The molecule has 3 rings (SSSR count). The van der Waals surface area contributed by atoms with Crippen molar-refractivity contribution < 1.29 is 0 Å². The average Bonchev–Trinajstić information content (AvgIpc) is 2.63. The van der Waals surface area contributed by atoms with Crippen molar-refractivity contribution in [2.75, 3.05) is 6.54 Å². The second-order valence-electron chi connectivity index (χ2n) is 4.22. The molecule has 0 fully saturated rings. The lowest BCUT2D eigenvalue weighted by molar-refractivity contribution is 0.841. The fraction of sp³-hybridized carbons (Fsp3) is 0.143. The van der Waals surface area contributed by atoms with E-state index in [1.165, 1.54) is 11.1 Å². The summed E-state index contributed by atoms with van der Waals surface area (Å²) in [5.41, 5.74) is 10.5. The molecular weight excluding hydrogens is 253 g/mol. The third kappa shape index (κ3) is 1.58. The molecule has 2 aromatic rings. The quantitative estimate of drug-likeness (QED) is 0.825. The Hall–Kier alpha value is -1.02. The number of hydrogen-bond acceptors (Lipinski definition) is 1. The highest BCUT2D eigenvalue weighted by atomic mass is 35.5. The lowest BCUT2D eigenvalue weighted by atomic mass is 9.97. The molecule has 3 heteroatoms. The maximum absolute atomic E-state index is 6.30. The van der Waals surface area contributed by atoms with Gasteiger partial charge in [-0.25, -0.2) is 0 Å². The Morgan fingerprint density at radius 2 is 1.82 bits per heavy atom. The number of rotatable bonds is 1. The van der Waals surface area contributed by atoms with Crippen molar-refractivity contribution in [1.82, 2.24) is 0 Å². The normalized spacial score (nSPS) is 16.8. The van der Waals surface area contributed by atoms with E-state index in [0.29, 0.717) is 16.6 Å². The Labute approximate surface area is 110 Å². The molecule has 17 heavy (non-hydrogen) atoms. The van der Waals surface area contributed by atoms with Gasteiger partial charge in [-0.05, 0) is 34.4 Å². The largest absolute Gasteiger partial charge is 0.330 e. The molecule has 0 spiro atoms. The fourth-order valence-corrected chi connectivity index (χ4v) is 3.23. The van der Waals surface area contributed by atoms with Crippen LogP contribution in [-0.2, 0) is 0 Å². The van der Waals surface area contributed by atoms with Gasteiger partial charge in [-0.2, -0.15) is 0 Å². The summed E-state index contributed by atoms with van der Waals surface area (Å²) >= 11 is 12.4. The Bertz CT molecular complexity index is 593. The fourth-order valence-electron chi connectivity index (χ4n) is 2.61. The number of benzene rings is 2. The SMILES string of the molecule is NCC1c2ccccc2-c2cc(Cl)cc(Cl)c21. The molecule has 1 atom stereocenters. The highest BCUT2D eigenvalue weighted by Gasteiger charge is 2.29. The molecule has 1 unspecified atom stereocenters. The molecular formula is C14H11Cl2N. The zero-order chi connectivity index (χ0) is 12.0. The van der Waals surface area contributed by atoms with Gasteiger partial charge in [0.05, 0.1) is 0 Å². The van der Waals surface area contributed by atoms with Gasteiger partial charge in [0, 0.05) is 22.5 Å². The molecule has 0 saturated heterocycles. The van der Waals surface area contributed by atoms with E-state index in [0.717, 1.165) is 11.1 Å². The first kappa shape index (κ1) is 11.1. The summed E-state index contributed by atoms with van der Waals surface area (Å²) in [5, 5.41) is 1.38. The molecule has 0 bridgehead atoms. The van der Waals surface area contributed by atoms with Crippen LogP contribution in [0.3, 0.4) is 0 Å². The Morgan fingerprint density at radius 1 is 1.06 bits per heavy atom. The highest BCUT2D eigenvalue weighted by Crippen LogP contribution is 2.48. The van der Waals surface area contributed by atoms with E-state index in [1.54, 1.807) is 6.07 Å². The molecule has 0 radical (unpaired) electrons. The summed E-state index contributed by atoms with van der Waals surface area (Å²) in [4.78, 5) is 0. The van der Waals surface area contributed by atoms with Crippen molar-refractivity contribution in [1.29, 1.82) is 0 Å². The van der Waals surface area contributed by atoms with Crippen LogP contribution in [0.2, 0.25) is 10.0 Å². The Balaban J connectivity index is 2.35. The topological polar surface area (TPSA) is 26.0 Å². The van der Waals surface area contributed by atoms with Crippen molar-refractivity contribution in [3.8, 4) is 11.1 Å². The third-order valence-corrected chi connectivity index (χ3v) is 3.84. The summed E-state index contributed by atoms with van der Waals surface area (Å²) in [5.74, 6) is 0.186. The predicted octanol–water partition coefficient (Wildman–Crippen LogP) is 4.06. The molecule has 1 aliphatic carbocycles. The highest BCUT2D eigenvalue weighted by molar-refractivity contribution is 6.36. The maximum Gasteiger partial charge on any atom is 0.0465 e. The number of halogens is 2. The van der Waals surface area contributed by atoms with Gasteiger partial charge in [-0.3, -0.25) is 0 Å². The van der Waals surface area contributed by atoms with Crippen molar-refractivity contribution >= 4 is 23.2 Å². The van der Waals surface area contributed by atoms with Crippen LogP contribution in [0.4, 0.5) is 0 Å². The number of nitrogens with two attached hydrogens (primary N) is 1. The van der Waals surface area contributed by atoms with E-state index in [2.05, 4.69) is 12.1 Å². The number of fused-ring (bicyclic) bond motifs is 3. The average molecular weight is 264 g/mol. The van der Waals surface area contributed by atoms with E-state index in [4.69, 9.17) is 28.9 Å². The van der Waals surface area contributed by atoms with Crippen LogP contribution in [0.15, 0.2) is 36.4 Å². The van der Waals surface area contributed by atoms with Crippen LogP contribution in [0.25, 0.3) is 11.1 Å². The van der Waals surface area contributed by atoms with E-state index in [1.807, 2.05) is 18.2 Å². The molecule has 0 heterocycles. The summed E-state index contributed by atoms with van der Waals surface area (Å²) in [6.45, 7) is 0.561. The lowest BCUT2D eigenvalue weighted by Crippen LogP contribution is -2.11. The molecule has 0 aromatic heterocycles. The minimum Gasteiger partial charge on any atom is -0.330 e. The molecule has 0 saturated carbocycles. The minimum atomic E-state index is 0.186. The summed E-state index contributed by atoms with van der Waals surface area (Å²) in [6.07, 6.45) is 0. The monoisotopic (exact) mass is 263 g/mol. The predicted molar refractivity (Wildman–Crippen MR) is 72.8 cm³/mol. The van der Waals surface area contributed by atoms with Gasteiger partial charge in [0.1, 0.15) is 0 Å². The van der Waals surface area contributed by atoms with Crippen LogP contribution in [0.1, 0.15) is 17.0 Å². The first-order valence-electron chi connectivity index (χ1n) is 5.50. The van der Waals surface area contributed by atoms with Gasteiger partial charge in [0.15, 0.2) is 0 Å². The molecule has 0 aliphatic heterocycles.